The van der Waals surface area contributed by atoms with Crippen molar-refractivity contribution in [2.24, 2.45) is 11.7 Å². The lowest BCUT2D eigenvalue weighted by molar-refractivity contribution is -0.132. The third-order valence-corrected chi connectivity index (χ3v) is 4.44. The molecule has 4 heteroatoms. The lowest BCUT2D eigenvalue weighted by Gasteiger charge is -2.35. The summed E-state index contributed by atoms with van der Waals surface area (Å²) in [6.07, 6.45) is 8.43. The second-order valence-corrected chi connectivity index (χ2v) is 6.10. The highest BCUT2D eigenvalue weighted by atomic mass is 16.2. The summed E-state index contributed by atoms with van der Waals surface area (Å²) < 4.78 is 0. The zero-order chi connectivity index (χ0) is 13.5. The van der Waals surface area contributed by atoms with Gasteiger partial charge in [-0.25, -0.2) is 0 Å². The molecule has 0 aromatic rings. The van der Waals surface area contributed by atoms with Crippen molar-refractivity contribution in [3.63, 3.8) is 0 Å². The molecule has 2 heterocycles. The molecule has 110 valence electrons. The van der Waals surface area contributed by atoms with Crippen molar-refractivity contribution in [2.45, 2.75) is 44.9 Å². The zero-order valence-corrected chi connectivity index (χ0v) is 12.1. The molecule has 2 N–H and O–H groups in total. The van der Waals surface area contributed by atoms with E-state index < -0.39 is 0 Å². The van der Waals surface area contributed by atoms with Gasteiger partial charge in [0.25, 0.3) is 0 Å². The minimum Gasteiger partial charge on any atom is -0.342 e. The Balaban J connectivity index is 1.78. The van der Waals surface area contributed by atoms with Crippen molar-refractivity contribution in [3.8, 4) is 0 Å². The first-order valence-electron chi connectivity index (χ1n) is 8.00. The van der Waals surface area contributed by atoms with Crippen LogP contribution in [0.3, 0.4) is 0 Å². The molecule has 0 radical (unpaired) electrons. The molecule has 0 bridgehead atoms. The molecule has 2 saturated heterocycles. The summed E-state index contributed by atoms with van der Waals surface area (Å²) in [5, 5.41) is 0. The van der Waals surface area contributed by atoms with Gasteiger partial charge < -0.3 is 15.5 Å². The smallest absolute Gasteiger partial charge is 0.223 e. The highest BCUT2D eigenvalue weighted by Gasteiger charge is 2.24. The van der Waals surface area contributed by atoms with Crippen molar-refractivity contribution in [1.82, 2.24) is 9.80 Å². The summed E-state index contributed by atoms with van der Waals surface area (Å²) in [5.74, 6) is 0.927. The summed E-state index contributed by atoms with van der Waals surface area (Å²) in [7, 11) is 0. The standard InChI is InChI=1S/C15H29N3O/c16-8-7-15(19)18-11-5-6-14(13-18)12-17-9-3-1-2-4-10-17/h14H,1-13,16H2. The van der Waals surface area contributed by atoms with Crippen molar-refractivity contribution in [1.29, 1.82) is 0 Å². The molecule has 0 spiro atoms. The van der Waals surface area contributed by atoms with Crippen molar-refractivity contribution in [3.05, 3.63) is 0 Å². The molecule has 0 aromatic carbocycles. The number of hydrogen-bond acceptors (Lipinski definition) is 3. The van der Waals surface area contributed by atoms with Gasteiger partial charge in [-0.2, -0.15) is 0 Å². The van der Waals surface area contributed by atoms with Gasteiger partial charge in [0, 0.05) is 32.6 Å². The Hall–Kier alpha value is -0.610. The Morgan fingerprint density at radius 3 is 2.47 bits per heavy atom. The fourth-order valence-electron chi connectivity index (χ4n) is 3.41. The first-order chi connectivity index (χ1) is 9.29. The molecule has 2 fully saturated rings. The van der Waals surface area contributed by atoms with Gasteiger partial charge in [0.1, 0.15) is 0 Å². The first kappa shape index (κ1) is 14.8. The monoisotopic (exact) mass is 267 g/mol. The molecule has 1 unspecified atom stereocenters. The second kappa shape index (κ2) is 7.85. The SMILES string of the molecule is NCCC(=O)N1CCCC(CN2CCCCCC2)C1. The number of nitrogens with two attached hydrogens (primary N) is 1. The molecule has 1 atom stereocenters. The molecule has 2 aliphatic rings. The Labute approximate surface area is 117 Å². The van der Waals surface area contributed by atoms with E-state index in [0.717, 1.165) is 19.5 Å². The Bertz CT molecular complexity index is 275. The molecule has 0 aromatic heterocycles. The van der Waals surface area contributed by atoms with Crippen molar-refractivity contribution >= 4 is 5.91 Å². The highest BCUT2D eigenvalue weighted by molar-refractivity contribution is 5.76. The average molecular weight is 267 g/mol. The maximum atomic E-state index is 11.9. The number of carbonyl (C=O) groups excluding carboxylic acids is 1. The maximum absolute atomic E-state index is 11.9. The van der Waals surface area contributed by atoms with Crippen LogP contribution in [0.2, 0.25) is 0 Å². The van der Waals surface area contributed by atoms with Crippen molar-refractivity contribution in [2.75, 3.05) is 39.3 Å². The van der Waals surface area contributed by atoms with Crippen LogP contribution in [0, 0.1) is 5.92 Å². The first-order valence-corrected chi connectivity index (χ1v) is 8.00. The molecule has 0 aliphatic carbocycles. The number of amides is 1. The molecular formula is C15H29N3O. The number of likely N-dealkylation sites (tertiary alicyclic amines) is 2. The van der Waals surface area contributed by atoms with Crippen LogP contribution in [0.4, 0.5) is 0 Å². The van der Waals surface area contributed by atoms with Gasteiger partial charge in [0.2, 0.25) is 5.91 Å². The van der Waals surface area contributed by atoms with Crippen LogP contribution in [0.25, 0.3) is 0 Å². The summed E-state index contributed by atoms with van der Waals surface area (Å²) in [4.78, 5) is 16.6. The Morgan fingerprint density at radius 2 is 1.79 bits per heavy atom. The molecule has 0 saturated carbocycles. The quantitative estimate of drug-likeness (QED) is 0.839. The molecule has 2 aliphatic heterocycles. The number of nitrogens with zero attached hydrogens (tertiary/aromatic N) is 2. The van der Waals surface area contributed by atoms with Gasteiger partial charge in [0.05, 0.1) is 0 Å². The van der Waals surface area contributed by atoms with Crippen LogP contribution in [0.5, 0.6) is 0 Å². The molecule has 1 amide bonds. The summed E-state index contributed by atoms with van der Waals surface area (Å²) in [6.45, 7) is 6.07. The zero-order valence-electron chi connectivity index (χ0n) is 12.1. The van der Waals surface area contributed by atoms with Crippen LogP contribution < -0.4 is 5.73 Å². The summed E-state index contributed by atoms with van der Waals surface area (Å²) in [5.41, 5.74) is 5.48. The van der Waals surface area contributed by atoms with Crippen LogP contribution >= 0.6 is 0 Å². The van der Waals surface area contributed by atoms with Gasteiger partial charge in [0.15, 0.2) is 0 Å². The van der Waals surface area contributed by atoms with Crippen LogP contribution in [0.1, 0.15) is 44.9 Å². The van der Waals surface area contributed by atoms with E-state index >= 15 is 0 Å². The fraction of sp³-hybridized carbons (Fsp3) is 0.933. The minimum atomic E-state index is 0.253. The van der Waals surface area contributed by atoms with Gasteiger partial charge in [-0.1, -0.05) is 12.8 Å². The van der Waals surface area contributed by atoms with E-state index in [1.165, 1.54) is 51.7 Å². The van der Waals surface area contributed by atoms with E-state index in [9.17, 15) is 4.79 Å². The van der Waals surface area contributed by atoms with Crippen LogP contribution in [0.15, 0.2) is 0 Å². The molecule has 2 rings (SSSR count). The summed E-state index contributed by atoms with van der Waals surface area (Å²) in [6, 6.07) is 0. The highest BCUT2D eigenvalue weighted by Crippen LogP contribution is 2.20. The predicted octanol–water partition coefficient (Wildman–Crippen LogP) is 1.45. The molecule has 4 nitrogen and oxygen atoms in total. The minimum absolute atomic E-state index is 0.253. The average Bonchev–Trinajstić information content (AvgIpc) is 2.68. The fourth-order valence-corrected chi connectivity index (χ4v) is 3.41. The number of piperidine rings is 1. The van der Waals surface area contributed by atoms with E-state index in [2.05, 4.69) is 4.90 Å². The van der Waals surface area contributed by atoms with Crippen molar-refractivity contribution < 1.29 is 4.79 Å². The van der Waals surface area contributed by atoms with Gasteiger partial charge in [-0.3, -0.25) is 4.79 Å². The van der Waals surface area contributed by atoms with E-state index in [0.29, 0.717) is 18.9 Å². The predicted molar refractivity (Wildman–Crippen MR) is 77.9 cm³/mol. The number of carbonyl (C=O) groups is 1. The van der Waals surface area contributed by atoms with Crippen LogP contribution in [-0.2, 0) is 4.79 Å². The third kappa shape index (κ3) is 4.77. The Morgan fingerprint density at radius 1 is 1.05 bits per heavy atom. The van der Waals surface area contributed by atoms with Gasteiger partial charge >= 0.3 is 0 Å². The third-order valence-electron chi connectivity index (χ3n) is 4.44. The topological polar surface area (TPSA) is 49.6 Å². The lowest BCUT2D eigenvalue weighted by Crippen LogP contribution is -2.44. The second-order valence-electron chi connectivity index (χ2n) is 6.10. The van der Waals surface area contributed by atoms with E-state index in [-0.39, 0.29) is 5.91 Å². The number of hydrogen-bond donors (Lipinski definition) is 1. The van der Waals surface area contributed by atoms with Gasteiger partial charge in [-0.05, 0) is 44.7 Å². The molecule has 19 heavy (non-hydrogen) atoms. The lowest BCUT2D eigenvalue weighted by atomic mass is 9.97. The van der Waals surface area contributed by atoms with E-state index in [1.807, 2.05) is 4.90 Å². The molecular weight excluding hydrogens is 238 g/mol. The van der Waals surface area contributed by atoms with Crippen LogP contribution in [-0.4, -0.2) is 55.0 Å². The largest absolute Gasteiger partial charge is 0.342 e. The Kier molecular flexibility index (Phi) is 6.11. The van der Waals surface area contributed by atoms with E-state index in [4.69, 9.17) is 5.73 Å². The van der Waals surface area contributed by atoms with Gasteiger partial charge in [-0.15, -0.1) is 0 Å². The maximum Gasteiger partial charge on any atom is 0.223 e. The number of rotatable bonds is 4. The normalized spacial score (nSPS) is 26.2. The summed E-state index contributed by atoms with van der Waals surface area (Å²) >= 11 is 0. The van der Waals surface area contributed by atoms with E-state index in [1.54, 1.807) is 0 Å².